The summed E-state index contributed by atoms with van der Waals surface area (Å²) in [6, 6.07) is 2.45. The number of hydrogen-bond donors (Lipinski definition) is 1. The maximum Gasteiger partial charge on any atom is 0.417 e. The van der Waals surface area contributed by atoms with Crippen LogP contribution in [0.2, 0.25) is 0 Å². The van der Waals surface area contributed by atoms with Gasteiger partial charge in [0.05, 0.1) is 11.3 Å². The normalized spacial score (nSPS) is 11.1. The summed E-state index contributed by atoms with van der Waals surface area (Å²) < 4.78 is 36.7. The second-order valence-electron chi connectivity index (χ2n) is 4.06. The van der Waals surface area contributed by atoms with Crippen molar-refractivity contribution in [2.45, 2.75) is 40.4 Å². The molecule has 1 N–H and O–H groups in total. The van der Waals surface area contributed by atoms with Crippen molar-refractivity contribution in [1.29, 1.82) is 0 Å². The van der Waals surface area contributed by atoms with E-state index in [0.29, 0.717) is 18.2 Å². The largest absolute Gasteiger partial charge is 0.417 e. The van der Waals surface area contributed by atoms with E-state index in [-0.39, 0.29) is 0 Å². The molecule has 0 amide bonds. The van der Waals surface area contributed by atoms with Gasteiger partial charge < -0.3 is 5.32 Å². The molecular weight excluding hydrogens is 241 g/mol. The summed E-state index contributed by atoms with van der Waals surface area (Å²) in [4.78, 5) is 3.76. The molecule has 0 saturated heterocycles. The first-order chi connectivity index (χ1) is 8.39. The summed E-state index contributed by atoms with van der Waals surface area (Å²) in [7, 11) is 0. The third-order valence-corrected chi connectivity index (χ3v) is 2.01. The number of rotatable bonds is 4. The van der Waals surface area contributed by atoms with Gasteiger partial charge in [0.15, 0.2) is 0 Å². The lowest BCUT2D eigenvalue weighted by Crippen LogP contribution is -2.19. The molecule has 0 aliphatic carbocycles. The summed E-state index contributed by atoms with van der Waals surface area (Å²) in [5, 5.41) is 3.12. The molecule has 1 aromatic rings. The molecule has 0 aromatic carbocycles. The van der Waals surface area contributed by atoms with E-state index in [4.69, 9.17) is 0 Å². The zero-order chi connectivity index (χ0) is 14.2. The fraction of sp³-hybridized carbons (Fsp3) is 0.615. The van der Waals surface area contributed by atoms with Crippen LogP contribution in [0.25, 0.3) is 0 Å². The first-order valence-electron chi connectivity index (χ1n) is 6.12. The van der Waals surface area contributed by atoms with Gasteiger partial charge in [0.25, 0.3) is 0 Å². The number of nitrogens with zero attached hydrogens (tertiary/aromatic N) is 1. The molecule has 1 rings (SSSR count). The molecule has 2 nitrogen and oxygen atoms in total. The Hall–Kier alpha value is -1.10. The minimum absolute atomic E-state index is 0.496. The molecule has 0 fully saturated rings. The Morgan fingerprint density at radius 2 is 1.83 bits per heavy atom. The van der Waals surface area contributed by atoms with E-state index < -0.39 is 11.7 Å². The van der Waals surface area contributed by atoms with E-state index in [0.717, 1.165) is 18.8 Å². The molecule has 0 aliphatic rings. The van der Waals surface area contributed by atoms with Crippen molar-refractivity contribution in [3.63, 3.8) is 0 Å². The molecule has 1 heterocycles. The number of halogens is 3. The van der Waals surface area contributed by atoms with E-state index in [1.807, 2.05) is 13.8 Å². The van der Waals surface area contributed by atoms with Gasteiger partial charge in [-0.15, -0.1) is 0 Å². The molecule has 0 atom stereocenters. The Balaban J connectivity index is 0.00000137. The van der Waals surface area contributed by atoms with Crippen molar-refractivity contribution in [2.24, 2.45) is 5.92 Å². The van der Waals surface area contributed by atoms with Gasteiger partial charge in [0.2, 0.25) is 0 Å². The standard InChI is InChI=1S/C11H15F3N2.C2H6/c1-8(2)5-15-7-10-4-3-9(6-16-10)11(12,13)14;1-2/h3-4,6,8,15H,5,7H2,1-2H3;1-2H3. The Morgan fingerprint density at radius 3 is 2.22 bits per heavy atom. The van der Waals surface area contributed by atoms with Gasteiger partial charge in [-0.05, 0) is 24.6 Å². The minimum Gasteiger partial charge on any atom is -0.311 e. The van der Waals surface area contributed by atoms with Crippen LogP contribution in [0.1, 0.15) is 39.0 Å². The lowest BCUT2D eigenvalue weighted by molar-refractivity contribution is -0.137. The second kappa shape index (κ2) is 8.08. The minimum atomic E-state index is -4.31. The van der Waals surface area contributed by atoms with Crippen LogP contribution in [0.5, 0.6) is 0 Å². The highest BCUT2D eigenvalue weighted by Crippen LogP contribution is 2.28. The van der Waals surface area contributed by atoms with Gasteiger partial charge in [-0.3, -0.25) is 4.98 Å². The summed E-state index contributed by atoms with van der Waals surface area (Å²) in [6.07, 6.45) is -3.44. The first-order valence-corrected chi connectivity index (χ1v) is 6.12. The fourth-order valence-corrected chi connectivity index (χ4v) is 1.19. The predicted octanol–water partition coefficient (Wildman–Crippen LogP) is 3.87. The highest BCUT2D eigenvalue weighted by atomic mass is 19.4. The fourth-order valence-electron chi connectivity index (χ4n) is 1.19. The maximum absolute atomic E-state index is 12.2. The zero-order valence-corrected chi connectivity index (χ0v) is 11.3. The maximum atomic E-state index is 12.2. The van der Waals surface area contributed by atoms with E-state index in [2.05, 4.69) is 24.1 Å². The van der Waals surface area contributed by atoms with E-state index in [9.17, 15) is 13.2 Å². The van der Waals surface area contributed by atoms with Crippen LogP contribution in [0, 0.1) is 5.92 Å². The summed E-state index contributed by atoms with van der Waals surface area (Å²) in [5.74, 6) is 0.509. The van der Waals surface area contributed by atoms with Gasteiger partial charge >= 0.3 is 6.18 Å². The van der Waals surface area contributed by atoms with Gasteiger partial charge in [-0.2, -0.15) is 13.2 Å². The third kappa shape index (κ3) is 6.59. The molecule has 104 valence electrons. The summed E-state index contributed by atoms with van der Waals surface area (Å²) in [5.41, 5.74) is -0.0891. The highest BCUT2D eigenvalue weighted by molar-refractivity contribution is 5.16. The van der Waals surface area contributed by atoms with Crippen LogP contribution in [0.4, 0.5) is 13.2 Å². The van der Waals surface area contributed by atoms with Crippen LogP contribution in [-0.2, 0) is 12.7 Å². The zero-order valence-electron chi connectivity index (χ0n) is 11.3. The molecule has 0 bridgehead atoms. The Bertz CT molecular complexity index is 318. The van der Waals surface area contributed by atoms with E-state index >= 15 is 0 Å². The van der Waals surface area contributed by atoms with Crippen LogP contribution in [-0.4, -0.2) is 11.5 Å². The van der Waals surface area contributed by atoms with Crippen LogP contribution < -0.4 is 5.32 Å². The SMILES string of the molecule is CC.CC(C)CNCc1ccc(C(F)(F)F)cn1. The van der Waals surface area contributed by atoms with Crippen LogP contribution in [0.3, 0.4) is 0 Å². The third-order valence-electron chi connectivity index (χ3n) is 2.01. The first kappa shape index (κ1) is 16.9. The number of hydrogen-bond acceptors (Lipinski definition) is 2. The summed E-state index contributed by atoms with van der Waals surface area (Å²) >= 11 is 0. The van der Waals surface area contributed by atoms with Crippen molar-refractivity contribution in [3.05, 3.63) is 29.6 Å². The van der Waals surface area contributed by atoms with Crippen molar-refractivity contribution < 1.29 is 13.2 Å². The topological polar surface area (TPSA) is 24.9 Å². The molecule has 0 spiro atoms. The van der Waals surface area contributed by atoms with Crippen LogP contribution >= 0.6 is 0 Å². The van der Waals surface area contributed by atoms with Crippen molar-refractivity contribution in [1.82, 2.24) is 10.3 Å². The molecule has 0 aliphatic heterocycles. The quantitative estimate of drug-likeness (QED) is 0.891. The number of alkyl halides is 3. The molecule has 0 unspecified atom stereocenters. The van der Waals surface area contributed by atoms with Crippen molar-refractivity contribution >= 4 is 0 Å². The molecular formula is C13H21F3N2. The average molecular weight is 262 g/mol. The smallest absolute Gasteiger partial charge is 0.311 e. The Labute approximate surface area is 107 Å². The second-order valence-corrected chi connectivity index (χ2v) is 4.06. The molecule has 0 saturated carbocycles. The number of aromatic nitrogens is 1. The lowest BCUT2D eigenvalue weighted by Gasteiger charge is -2.08. The molecule has 18 heavy (non-hydrogen) atoms. The average Bonchev–Trinajstić information content (AvgIpc) is 2.31. The number of nitrogens with one attached hydrogen (secondary N) is 1. The predicted molar refractivity (Wildman–Crippen MR) is 67.1 cm³/mol. The molecule has 5 heteroatoms. The van der Waals surface area contributed by atoms with Gasteiger partial charge in [-0.1, -0.05) is 27.7 Å². The van der Waals surface area contributed by atoms with Crippen molar-refractivity contribution in [3.8, 4) is 0 Å². The lowest BCUT2D eigenvalue weighted by atomic mass is 10.2. The van der Waals surface area contributed by atoms with E-state index in [1.54, 1.807) is 0 Å². The van der Waals surface area contributed by atoms with Crippen LogP contribution in [0.15, 0.2) is 18.3 Å². The van der Waals surface area contributed by atoms with Crippen molar-refractivity contribution in [2.75, 3.05) is 6.54 Å². The monoisotopic (exact) mass is 262 g/mol. The van der Waals surface area contributed by atoms with E-state index in [1.165, 1.54) is 6.07 Å². The molecule has 1 aromatic heterocycles. The van der Waals surface area contributed by atoms with Gasteiger partial charge in [-0.25, -0.2) is 0 Å². The number of pyridine rings is 1. The Morgan fingerprint density at radius 1 is 1.22 bits per heavy atom. The van der Waals surface area contributed by atoms with Gasteiger partial charge in [0, 0.05) is 12.7 Å². The Kier molecular flexibility index (Phi) is 7.59. The van der Waals surface area contributed by atoms with Gasteiger partial charge in [0.1, 0.15) is 0 Å². The summed E-state index contributed by atoms with van der Waals surface area (Å²) in [6.45, 7) is 9.44. The molecule has 0 radical (unpaired) electrons. The highest BCUT2D eigenvalue weighted by Gasteiger charge is 2.30.